The van der Waals surface area contributed by atoms with Gasteiger partial charge in [0.2, 0.25) is 6.71 Å². The van der Waals surface area contributed by atoms with Crippen LogP contribution in [0.2, 0.25) is 0 Å². The summed E-state index contributed by atoms with van der Waals surface area (Å²) in [6, 6.07) is 69.2. The highest BCUT2D eigenvalue weighted by Crippen LogP contribution is 2.52. The Balaban J connectivity index is 0.952. The summed E-state index contributed by atoms with van der Waals surface area (Å²) in [5.74, 6) is 0. The standard InChI is InChI=1S/C56H46BOP/c1-55(2)51-35-39(27-31-47(51)49-33-29-43(37-53(49)55)57(41-17-9-5-10-18-41)42-19-11-6-12-20-42)25-26-40-28-32-48-50-34-30-46(38-54(50)56(3,4)52(48)36-40)59(58,44-21-13-7-14-22-44)45-23-15-8-16-24-45/h5-38H,1-4H3/b26-25+. The third kappa shape index (κ3) is 6.13. The van der Waals surface area contributed by atoms with Crippen LogP contribution in [0.5, 0.6) is 0 Å². The SMILES string of the molecule is CC1(C)c2cc(/C=C/c3ccc4c(c3)C(C)(C)c3cc(P(=O)(c5ccccc5)c5ccccc5)ccc3-4)ccc2-c2ccc(B(c3ccccc3)c3ccccc3)cc21. The largest absolute Gasteiger partial charge is 0.309 e. The molecule has 10 rings (SSSR count). The highest BCUT2D eigenvalue weighted by atomic mass is 31.2. The molecule has 0 heterocycles. The molecule has 0 N–H and O–H groups in total. The Labute approximate surface area is 349 Å². The van der Waals surface area contributed by atoms with Crippen molar-refractivity contribution in [3.05, 3.63) is 228 Å². The van der Waals surface area contributed by atoms with Gasteiger partial charge in [0.05, 0.1) is 0 Å². The highest BCUT2D eigenvalue weighted by Gasteiger charge is 2.39. The predicted molar refractivity (Wildman–Crippen MR) is 254 cm³/mol. The van der Waals surface area contributed by atoms with Crippen LogP contribution >= 0.6 is 7.14 Å². The molecule has 59 heavy (non-hydrogen) atoms. The fraction of sp³-hybridized carbons (Fsp3) is 0.107. The lowest BCUT2D eigenvalue weighted by molar-refractivity contribution is 0.592. The van der Waals surface area contributed by atoms with E-state index in [-0.39, 0.29) is 17.5 Å². The molecule has 0 bridgehead atoms. The molecule has 2 aliphatic rings. The molecule has 1 nitrogen and oxygen atoms in total. The van der Waals surface area contributed by atoms with Gasteiger partial charge in [-0.05, 0) is 61.7 Å². The molecule has 0 aliphatic heterocycles. The van der Waals surface area contributed by atoms with Crippen LogP contribution in [0, 0.1) is 0 Å². The quantitative estimate of drug-likeness (QED) is 0.0853. The second kappa shape index (κ2) is 14.3. The average molecular weight is 777 g/mol. The third-order valence-electron chi connectivity index (χ3n) is 13.1. The molecule has 0 unspecified atom stereocenters. The van der Waals surface area contributed by atoms with Crippen molar-refractivity contribution in [2.75, 3.05) is 0 Å². The average Bonchev–Trinajstić information content (AvgIpc) is 3.64. The molecule has 0 radical (unpaired) electrons. The Kier molecular flexibility index (Phi) is 8.97. The molecule has 284 valence electrons. The summed E-state index contributed by atoms with van der Waals surface area (Å²) in [7, 11) is -3.09. The number of hydrogen-bond donors (Lipinski definition) is 0. The molecule has 3 heteroatoms. The van der Waals surface area contributed by atoms with E-state index in [1.807, 2.05) is 60.7 Å². The molecule has 0 atom stereocenters. The predicted octanol–water partition coefficient (Wildman–Crippen LogP) is 10.6. The molecular weight excluding hydrogens is 730 g/mol. The highest BCUT2D eigenvalue weighted by molar-refractivity contribution is 7.85. The summed E-state index contributed by atoms with van der Waals surface area (Å²) in [6.45, 7) is 9.52. The zero-order chi connectivity index (χ0) is 40.4. The topological polar surface area (TPSA) is 17.1 Å². The normalized spacial score (nSPS) is 14.4. The molecule has 2 aliphatic carbocycles. The minimum atomic E-state index is -3.09. The van der Waals surface area contributed by atoms with E-state index < -0.39 is 7.14 Å². The first-order valence-corrected chi connectivity index (χ1v) is 22.4. The van der Waals surface area contributed by atoms with Crippen LogP contribution in [0.1, 0.15) is 61.1 Å². The van der Waals surface area contributed by atoms with Crippen LogP contribution in [-0.2, 0) is 15.4 Å². The van der Waals surface area contributed by atoms with Crippen LogP contribution in [0.15, 0.2) is 194 Å². The summed E-state index contributed by atoms with van der Waals surface area (Å²) in [6.07, 6.45) is 4.51. The van der Waals surface area contributed by atoms with Crippen LogP contribution in [0.4, 0.5) is 0 Å². The molecule has 0 amide bonds. The number of benzene rings is 8. The number of hydrogen-bond acceptors (Lipinski definition) is 1. The fourth-order valence-electron chi connectivity index (χ4n) is 9.88. The van der Waals surface area contributed by atoms with Gasteiger partial charge in [0.15, 0.2) is 7.14 Å². The Bertz CT molecular complexity index is 2870. The summed E-state index contributed by atoms with van der Waals surface area (Å²) in [5, 5.41) is 2.59. The molecule has 0 aromatic heterocycles. The third-order valence-corrected chi connectivity index (χ3v) is 16.1. The van der Waals surface area contributed by atoms with E-state index in [4.69, 9.17) is 0 Å². The van der Waals surface area contributed by atoms with Gasteiger partial charge in [-0.3, -0.25) is 0 Å². The zero-order valence-corrected chi connectivity index (χ0v) is 35.0. The van der Waals surface area contributed by atoms with E-state index in [0.717, 1.165) is 15.9 Å². The fourth-order valence-corrected chi connectivity index (χ4v) is 12.6. The van der Waals surface area contributed by atoms with Gasteiger partial charge in [-0.25, -0.2) is 0 Å². The van der Waals surface area contributed by atoms with Crippen molar-refractivity contribution in [1.29, 1.82) is 0 Å². The smallest absolute Gasteiger partial charge is 0.241 e. The van der Waals surface area contributed by atoms with Crippen LogP contribution in [0.25, 0.3) is 34.4 Å². The van der Waals surface area contributed by atoms with Gasteiger partial charge in [0.1, 0.15) is 0 Å². The minimum Gasteiger partial charge on any atom is -0.309 e. The minimum absolute atomic E-state index is 0.143. The Morgan fingerprint density at radius 1 is 0.373 bits per heavy atom. The van der Waals surface area contributed by atoms with Gasteiger partial charge in [-0.15, -0.1) is 0 Å². The maximum Gasteiger partial charge on any atom is 0.241 e. The van der Waals surface area contributed by atoms with Crippen molar-refractivity contribution < 1.29 is 4.57 Å². The zero-order valence-electron chi connectivity index (χ0n) is 34.1. The molecule has 0 saturated carbocycles. The van der Waals surface area contributed by atoms with Crippen molar-refractivity contribution in [3.63, 3.8) is 0 Å². The maximum absolute atomic E-state index is 15.3. The monoisotopic (exact) mass is 776 g/mol. The first-order chi connectivity index (χ1) is 28.6. The number of rotatable bonds is 8. The molecule has 8 aromatic carbocycles. The van der Waals surface area contributed by atoms with Crippen molar-refractivity contribution >= 4 is 58.3 Å². The van der Waals surface area contributed by atoms with E-state index in [1.165, 1.54) is 72.0 Å². The Hall–Kier alpha value is -6.21. The van der Waals surface area contributed by atoms with Gasteiger partial charge in [-0.1, -0.05) is 244 Å². The van der Waals surface area contributed by atoms with Crippen molar-refractivity contribution in [2.45, 2.75) is 38.5 Å². The lowest BCUT2D eigenvalue weighted by Crippen LogP contribution is -2.52. The van der Waals surface area contributed by atoms with Crippen molar-refractivity contribution in [3.8, 4) is 22.3 Å². The maximum atomic E-state index is 15.3. The van der Waals surface area contributed by atoms with Gasteiger partial charge in [0.25, 0.3) is 0 Å². The first-order valence-electron chi connectivity index (χ1n) is 20.7. The van der Waals surface area contributed by atoms with Gasteiger partial charge in [-0.2, -0.15) is 0 Å². The molecule has 0 saturated heterocycles. The van der Waals surface area contributed by atoms with Gasteiger partial charge >= 0.3 is 0 Å². The van der Waals surface area contributed by atoms with Crippen LogP contribution in [0.3, 0.4) is 0 Å². The lowest BCUT2D eigenvalue weighted by atomic mass is 9.36. The molecule has 0 spiro atoms. The summed E-state index contributed by atoms with van der Waals surface area (Å²) < 4.78 is 15.3. The number of fused-ring (bicyclic) bond motifs is 6. The Morgan fingerprint density at radius 3 is 1.20 bits per heavy atom. The molecule has 8 aromatic rings. The summed E-state index contributed by atoms with van der Waals surface area (Å²) in [5.41, 5.74) is 16.3. The van der Waals surface area contributed by atoms with E-state index in [0.29, 0.717) is 0 Å². The van der Waals surface area contributed by atoms with E-state index in [9.17, 15) is 0 Å². The van der Waals surface area contributed by atoms with Crippen LogP contribution in [-0.4, -0.2) is 6.71 Å². The van der Waals surface area contributed by atoms with E-state index in [2.05, 4.69) is 173 Å². The van der Waals surface area contributed by atoms with E-state index >= 15 is 4.57 Å². The molecule has 0 fully saturated rings. The van der Waals surface area contributed by atoms with E-state index in [1.54, 1.807) is 0 Å². The second-order valence-corrected chi connectivity index (χ2v) is 20.0. The van der Waals surface area contributed by atoms with Gasteiger partial charge in [0, 0.05) is 26.7 Å². The summed E-state index contributed by atoms with van der Waals surface area (Å²) >= 11 is 0. The first kappa shape index (κ1) is 37.1. The van der Waals surface area contributed by atoms with Crippen molar-refractivity contribution in [1.82, 2.24) is 0 Å². The second-order valence-electron chi connectivity index (χ2n) is 17.3. The van der Waals surface area contributed by atoms with Gasteiger partial charge < -0.3 is 4.57 Å². The molecular formula is C56H46BOP. The lowest BCUT2D eigenvalue weighted by Gasteiger charge is -2.25. The Morgan fingerprint density at radius 2 is 0.746 bits per heavy atom. The summed E-state index contributed by atoms with van der Waals surface area (Å²) in [4.78, 5) is 0. The van der Waals surface area contributed by atoms with Crippen molar-refractivity contribution in [2.24, 2.45) is 0 Å². The van der Waals surface area contributed by atoms with Crippen LogP contribution < -0.4 is 32.3 Å².